The van der Waals surface area contributed by atoms with Crippen LogP contribution in [0.5, 0.6) is 0 Å². The highest BCUT2D eigenvalue weighted by molar-refractivity contribution is 7.99. The standard InChI is InChI=1S/C17H12F3N5OS/c18-17(19,20)15-21-12-6-2-1-5-11(12)14(22-15)27-10-9-25-16(26)24-8-4-3-7-13(24)23-25/h1-8H,9-10H2. The van der Waals surface area contributed by atoms with Gasteiger partial charge in [0.1, 0.15) is 5.03 Å². The monoisotopic (exact) mass is 391 g/mol. The molecule has 1 aromatic carbocycles. The van der Waals surface area contributed by atoms with Crippen LogP contribution in [0.25, 0.3) is 16.6 Å². The van der Waals surface area contributed by atoms with E-state index in [1.807, 2.05) is 0 Å². The molecule has 0 bridgehead atoms. The predicted octanol–water partition coefficient (Wildman–Crippen LogP) is 3.25. The van der Waals surface area contributed by atoms with Crippen molar-refractivity contribution in [3.05, 3.63) is 65.0 Å². The molecule has 6 nitrogen and oxygen atoms in total. The summed E-state index contributed by atoms with van der Waals surface area (Å²) in [5.74, 6) is -0.837. The summed E-state index contributed by atoms with van der Waals surface area (Å²) in [4.78, 5) is 19.5. The summed E-state index contributed by atoms with van der Waals surface area (Å²) in [6.07, 6.45) is -3.01. The van der Waals surface area contributed by atoms with E-state index in [0.29, 0.717) is 16.8 Å². The van der Waals surface area contributed by atoms with Crippen LogP contribution in [-0.2, 0) is 12.7 Å². The lowest BCUT2D eigenvalue weighted by atomic mass is 10.2. The lowest BCUT2D eigenvalue weighted by molar-refractivity contribution is -0.145. The number of aromatic nitrogens is 5. The molecule has 0 saturated carbocycles. The maximum atomic E-state index is 13.1. The first-order chi connectivity index (χ1) is 12.9. The zero-order valence-electron chi connectivity index (χ0n) is 13.7. The number of pyridine rings is 1. The summed E-state index contributed by atoms with van der Waals surface area (Å²) in [5.41, 5.74) is 0.446. The quantitative estimate of drug-likeness (QED) is 0.395. The molecular weight excluding hydrogens is 379 g/mol. The van der Waals surface area contributed by atoms with Crippen molar-refractivity contribution in [2.24, 2.45) is 0 Å². The normalized spacial score (nSPS) is 12.1. The number of nitrogens with zero attached hydrogens (tertiary/aromatic N) is 5. The average molecular weight is 391 g/mol. The fraction of sp³-hybridized carbons (Fsp3) is 0.176. The van der Waals surface area contributed by atoms with E-state index in [1.165, 1.54) is 15.1 Å². The first-order valence-corrected chi connectivity index (χ1v) is 8.93. The van der Waals surface area contributed by atoms with Crippen LogP contribution in [-0.4, -0.2) is 29.9 Å². The molecule has 138 valence electrons. The van der Waals surface area contributed by atoms with E-state index in [0.717, 1.165) is 11.8 Å². The minimum absolute atomic E-state index is 0.227. The van der Waals surface area contributed by atoms with Gasteiger partial charge < -0.3 is 0 Å². The molecule has 0 aliphatic rings. The Balaban J connectivity index is 1.61. The zero-order chi connectivity index (χ0) is 19.0. The smallest absolute Gasteiger partial charge is 0.250 e. The maximum absolute atomic E-state index is 13.1. The first-order valence-electron chi connectivity index (χ1n) is 7.94. The minimum Gasteiger partial charge on any atom is -0.250 e. The van der Waals surface area contributed by atoms with E-state index in [4.69, 9.17) is 0 Å². The number of thioether (sulfide) groups is 1. The Bertz CT molecular complexity index is 1180. The Morgan fingerprint density at radius 2 is 1.81 bits per heavy atom. The SMILES string of the molecule is O=c1n(CCSc2nc(C(F)(F)F)nc3ccccc23)nc2ccccn12. The van der Waals surface area contributed by atoms with Gasteiger partial charge in [-0.25, -0.2) is 19.4 Å². The minimum atomic E-state index is -4.63. The van der Waals surface area contributed by atoms with Crippen LogP contribution < -0.4 is 5.69 Å². The number of benzene rings is 1. The molecular formula is C17H12F3N5OS. The summed E-state index contributed by atoms with van der Waals surface area (Å²) in [5, 5.41) is 4.97. The molecule has 0 amide bonds. The molecule has 0 unspecified atom stereocenters. The lowest BCUT2D eigenvalue weighted by Crippen LogP contribution is -2.22. The molecule has 3 aromatic heterocycles. The van der Waals surface area contributed by atoms with Gasteiger partial charge in [-0.1, -0.05) is 24.3 Å². The van der Waals surface area contributed by atoms with E-state index in [2.05, 4.69) is 15.1 Å². The summed E-state index contributed by atoms with van der Waals surface area (Å²) in [7, 11) is 0. The van der Waals surface area contributed by atoms with Crippen molar-refractivity contribution < 1.29 is 13.2 Å². The Kier molecular flexibility index (Phi) is 4.34. The second-order valence-corrected chi connectivity index (χ2v) is 6.73. The molecule has 10 heteroatoms. The van der Waals surface area contributed by atoms with E-state index >= 15 is 0 Å². The van der Waals surface area contributed by atoms with E-state index in [9.17, 15) is 18.0 Å². The third kappa shape index (κ3) is 3.39. The Labute approximate surface area is 154 Å². The number of halogens is 3. The van der Waals surface area contributed by atoms with Crippen LogP contribution in [0, 0.1) is 0 Å². The van der Waals surface area contributed by atoms with Gasteiger partial charge in [0.15, 0.2) is 5.65 Å². The number of aryl methyl sites for hydroxylation is 1. The van der Waals surface area contributed by atoms with Crippen LogP contribution in [0.3, 0.4) is 0 Å². The number of hydrogen-bond acceptors (Lipinski definition) is 5. The summed E-state index contributed by atoms with van der Waals surface area (Å²) >= 11 is 1.13. The van der Waals surface area contributed by atoms with Crippen molar-refractivity contribution >= 4 is 28.3 Å². The average Bonchev–Trinajstić information content (AvgIpc) is 2.97. The first kappa shape index (κ1) is 17.5. The molecule has 0 aliphatic heterocycles. The second-order valence-electron chi connectivity index (χ2n) is 5.65. The number of fused-ring (bicyclic) bond motifs is 2. The van der Waals surface area contributed by atoms with Crippen molar-refractivity contribution in [3.8, 4) is 0 Å². The van der Waals surface area contributed by atoms with Crippen LogP contribution in [0.1, 0.15) is 5.82 Å². The molecule has 0 atom stereocenters. The Morgan fingerprint density at radius 3 is 2.59 bits per heavy atom. The van der Waals surface area contributed by atoms with Gasteiger partial charge in [-0.3, -0.25) is 4.40 Å². The van der Waals surface area contributed by atoms with Crippen molar-refractivity contribution in [3.63, 3.8) is 0 Å². The number of rotatable bonds is 4. The third-order valence-corrected chi connectivity index (χ3v) is 4.82. The van der Waals surface area contributed by atoms with Gasteiger partial charge in [-0.05, 0) is 18.2 Å². The molecule has 0 spiro atoms. The lowest BCUT2D eigenvalue weighted by Gasteiger charge is -2.10. The van der Waals surface area contributed by atoms with Crippen molar-refractivity contribution in [2.75, 3.05) is 5.75 Å². The van der Waals surface area contributed by atoms with Crippen LogP contribution in [0.4, 0.5) is 13.2 Å². The molecule has 4 aromatic rings. The molecule has 3 heterocycles. The van der Waals surface area contributed by atoms with Crippen LogP contribution in [0.15, 0.2) is 58.5 Å². The summed E-state index contributed by atoms with van der Waals surface area (Å²) in [6.45, 7) is 0.241. The fourth-order valence-corrected chi connectivity index (χ4v) is 3.56. The second kappa shape index (κ2) is 6.69. The topological polar surface area (TPSA) is 65.1 Å². The molecule has 0 N–H and O–H groups in total. The summed E-state index contributed by atoms with van der Waals surface area (Å²) in [6, 6.07) is 11.7. The van der Waals surface area contributed by atoms with E-state index < -0.39 is 12.0 Å². The molecule has 27 heavy (non-hydrogen) atoms. The van der Waals surface area contributed by atoms with Gasteiger partial charge in [0.25, 0.3) is 0 Å². The van der Waals surface area contributed by atoms with Crippen molar-refractivity contribution in [1.82, 2.24) is 24.1 Å². The predicted molar refractivity (Wildman–Crippen MR) is 94.7 cm³/mol. The highest BCUT2D eigenvalue weighted by Crippen LogP contribution is 2.31. The number of para-hydroxylation sites is 1. The molecule has 0 aliphatic carbocycles. The van der Waals surface area contributed by atoms with Crippen molar-refractivity contribution in [1.29, 1.82) is 0 Å². The molecule has 4 rings (SSSR count). The largest absolute Gasteiger partial charge is 0.451 e. The summed E-state index contributed by atoms with van der Waals surface area (Å²) < 4.78 is 41.9. The maximum Gasteiger partial charge on any atom is 0.451 e. The molecule has 0 fully saturated rings. The Hall–Kier alpha value is -2.88. The van der Waals surface area contributed by atoms with Gasteiger partial charge in [-0.2, -0.15) is 13.2 Å². The Morgan fingerprint density at radius 1 is 1.04 bits per heavy atom. The highest BCUT2D eigenvalue weighted by Gasteiger charge is 2.35. The molecule has 0 radical (unpaired) electrons. The van der Waals surface area contributed by atoms with Gasteiger partial charge in [-0.15, -0.1) is 16.9 Å². The van der Waals surface area contributed by atoms with E-state index in [1.54, 1.807) is 42.6 Å². The number of hydrogen-bond donors (Lipinski definition) is 0. The molecule has 0 saturated heterocycles. The van der Waals surface area contributed by atoms with Crippen LogP contribution >= 0.6 is 11.8 Å². The number of alkyl halides is 3. The van der Waals surface area contributed by atoms with Gasteiger partial charge in [0.05, 0.1) is 12.1 Å². The zero-order valence-corrected chi connectivity index (χ0v) is 14.5. The van der Waals surface area contributed by atoms with Gasteiger partial charge in [0, 0.05) is 17.3 Å². The van der Waals surface area contributed by atoms with Gasteiger partial charge in [0.2, 0.25) is 5.82 Å². The van der Waals surface area contributed by atoms with Gasteiger partial charge >= 0.3 is 11.9 Å². The highest BCUT2D eigenvalue weighted by atomic mass is 32.2. The van der Waals surface area contributed by atoms with Crippen molar-refractivity contribution in [2.45, 2.75) is 17.7 Å². The van der Waals surface area contributed by atoms with Crippen LogP contribution in [0.2, 0.25) is 0 Å². The fourth-order valence-electron chi connectivity index (χ4n) is 2.63. The van der Waals surface area contributed by atoms with E-state index in [-0.39, 0.29) is 22.8 Å². The third-order valence-electron chi connectivity index (χ3n) is 3.85.